The van der Waals surface area contributed by atoms with Crippen molar-refractivity contribution in [3.8, 4) is 0 Å². The zero-order chi connectivity index (χ0) is 11.2. The maximum absolute atomic E-state index is 9.81. The molecule has 0 aliphatic rings. The molecule has 4 heteroatoms. The highest BCUT2D eigenvalue weighted by molar-refractivity contribution is 7.99. The van der Waals surface area contributed by atoms with E-state index in [1.807, 2.05) is 29.0 Å². The summed E-state index contributed by atoms with van der Waals surface area (Å²) in [5, 5.41) is 9.81. The number of rotatable bonds is 5. The highest BCUT2D eigenvalue weighted by atomic mass is 32.2. The second-order valence-electron chi connectivity index (χ2n) is 3.54. The highest BCUT2D eigenvalue weighted by Gasteiger charge is 2.05. The Hall–Kier alpha value is -1.26. The van der Waals surface area contributed by atoms with Crippen molar-refractivity contribution in [2.45, 2.75) is 17.5 Å². The first-order valence-corrected chi connectivity index (χ1v) is 6.15. The van der Waals surface area contributed by atoms with Crippen molar-refractivity contribution in [2.24, 2.45) is 0 Å². The summed E-state index contributed by atoms with van der Waals surface area (Å²) in [6.07, 6.45) is 4.95. The molecule has 16 heavy (non-hydrogen) atoms. The molecule has 0 amide bonds. The van der Waals surface area contributed by atoms with Gasteiger partial charge in [-0.2, -0.15) is 0 Å². The van der Waals surface area contributed by atoms with Gasteiger partial charge in [-0.15, -0.1) is 11.8 Å². The van der Waals surface area contributed by atoms with Gasteiger partial charge in [-0.3, -0.25) is 0 Å². The van der Waals surface area contributed by atoms with Crippen LogP contribution in [-0.2, 0) is 6.54 Å². The fourth-order valence-corrected chi connectivity index (χ4v) is 2.24. The molecule has 1 heterocycles. The molecule has 0 spiro atoms. The van der Waals surface area contributed by atoms with Gasteiger partial charge in [-0.05, 0) is 12.1 Å². The van der Waals surface area contributed by atoms with E-state index < -0.39 is 0 Å². The molecule has 0 bridgehead atoms. The molecule has 3 nitrogen and oxygen atoms in total. The summed E-state index contributed by atoms with van der Waals surface area (Å²) in [5.41, 5.74) is 0. The third kappa shape index (κ3) is 3.40. The van der Waals surface area contributed by atoms with E-state index in [4.69, 9.17) is 0 Å². The maximum Gasteiger partial charge on any atom is 0.0946 e. The van der Waals surface area contributed by atoms with Gasteiger partial charge >= 0.3 is 0 Å². The van der Waals surface area contributed by atoms with Crippen LogP contribution in [0.2, 0.25) is 0 Å². The monoisotopic (exact) mass is 234 g/mol. The van der Waals surface area contributed by atoms with Gasteiger partial charge in [-0.25, -0.2) is 4.98 Å². The minimum Gasteiger partial charge on any atom is -0.390 e. The zero-order valence-corrected chi connectivity index (χ0v) is 9.68. The number of imidazole rings is 1. The van der Waals surface area contributed by atoms with E-state index in [1.54, 1.807) is 24.3 Å². The van der Waals surface area contributed by atoms with Crippen LogP contribution in [0, 0.1) is 0 Å². The van der Waals surface area contributed by atoms with Gasteiger partial charge in [0.2, 0.25) is 0 Å². The smallest absolute Gasteiger partial charge is 0.0946 e. The van der Waals surface area contributed by atoms with Gasteiger partial charge in [0.15, 0.2) is 0 Å². The molecule has 0 aliphatic carbocycles. The third-order valence-electron chi connectivity index (χ3n) is 2.17. The number of hydrogen-bond donors (Lipinski definition) is 1. The van der Waals surface area contributed by atoms with E-state index in [-0.39, 0.29) is 6.10 Å². The molecular weight excluding hydrogens is 220 g/mol. The van der Waals surface area contributed by atoms with Crippen molar-refractivity contribution in [1.29, 1.82) is 0 Å². The summed E-state index contributed by atoms with van der Waals surface area (Å²) in [6, 6.07) is 10.1. The third-order valence-corrected chi connectivity index (χ3v) is 3.32. The molecule has 1 aromatic carbocycles. The normalized spacial score (nSPS) is 12.6. The Morgan fingerprint density at radius 3 is 2.81 bits per heavy atom. The van der Waals surface area contributed by atoms with Gasteiger partial charge in [0, 0.05) is 23.0 Å². The molecule has 0 saturated carbocycles. The lowest BCUT2D eigenvalue weighted by Crippen LogP contribution is -2.17. The number of benzene rings is 1. The summed E-state index contributed by atoms with van der Waals surface area (Å²) in [7, 11) is 0. The topological polar surface area (TPSA) is 38.0 Å². The number of aromatic nitrogens is 2. The Morgan fingerprint density at radius 1 is 1.31 bits per heavy atom. The fraction of sp³-hybridized carbons (Fsp3) is 0.250. The number of nitrogens with zero attached hydrogens (tertiary/aromatic N) is 2. The molecule has 0 aliphatic heterocycles. The lowest BCUT2D eigenvalue weighted by Gasteiger charge is -2.10. The van der Waals surface area contributed by atoms with E-state index in [0.29, 0.717) is 12.3 Å². The van der Waals surface area contributed by atoms with E-state index in [2.05, 4.69) is 17.1 Å². The number of aliphatic hydroxyl groups is 1. The molecule has 0 fully saturated rings. The molecular formula is C12H14N2OS. The van der Waals surface area contributed by atoms with E-state index >= 15 is 0 Å². The summed E-state index contributed by atoms with van der Waals surface area (Å²) in [5.74, 6) is 0.697. The van der Waals surface area contributed by atoms with Crippen LogP contribution in [0.1, 0.15) is 0 Å². The highest BCUT2D eigenvalue weighted by Crippen LogP contribution is 2.18. The lowest BCUT2D eigenvalue weighted by molar-refractivity contribution is 0.178. The average Bonchev–Trinajstić information content (AvgIpc) is 2.81. The van der Waals surface area contributed by atoms with Gasteiger partial charge in [0.1, 0.15) is 0 Å². The molecule has 0 saturated heterocycles. The summed E-state index contributed by atoms with van der Waals surface area (Å²) in [4.78, 5) is 5.13. The van der Waals surface area contributed by atoms with Crippen molar-refractivity contribution >= 4 is 11.8 Å². The first kappa shape index (κ1) is 11.2. The van der Waals surface area contributed by atoms with Crippen molar-refractivity contribution < 1.29 is 5.11 Å². The van der Waals surface area contributed by atoms with Crippen LogP contribution < -0.4 is 0 Å². The minimum atomic E-state index is -0.348. The second-order valence-corrected chi connectivity index (χ2v) is 4.63. The number of aliphatic hydroxyl groups excluding tert-OH is 1. The van der Waals surface area contributed by atoms with Crippen LogP contribution in [0.4, 0.5) is 0 Å². The first-order chi connectivity index (χ1) is 7.84. The Morgan fingerprint density at radius 2 is 2.12 bits per heavy atom. The van der Waals surface area contributed by atoms with Gasteiger partial charge in [-0.1, -0.05) is 18.2 Å². The van der Waals surface area contributed by atoms with Crippen molar-refractivity contribution in [1.82, 2.24) is 9.55 Å². The Labute approximate surface area is 99.1 Å². The van der Waals surface area contributed by atoms with Crippen LogP contribution in [0.15, 0.2) is 53.9 Å². The second kappa shape index (κ2) is 5.72. The summed E-state index contributed by atoms with van der Waals surface area (Å²) in [6.45, 7) is 0.597. The number of thioether (sulfide) groups is 1. The number of hydrogen-bond acceptors (Lipinski definition) is 3. The van der Waals surface area contributed by atoms with Crippen LogP contribution in [-0.4, -0.2) is 26.5 Å². The summed E-state index contributed by atoms with van der Waals surface area (Å²) < 4.78 is 1.89. The van der Waals surface area contributed by atoms with E-state index in [1.165, 1.54) is 4.90 Å². The van der Waals surface area contributed by atoms with Crippen molar-refractivity contribution in [3.63, 3.8) is 0 Å². The van der Waals surface area contributed by atoms with Crippen LogP contribution in [0.25, 0.3) is 0 Å². The zero-order valence-electron chi connectivity index (χ0n) is 8.86. The van der Waals surface area contributed by atoms with Crippen molar-refractivity contribution in [2.75, 3.05) is 5.75 Å². The first-order valence-electron chi connectivity index (χ1n) is 5.16. The van der Waals surface area contributed by atoms with Gasteiger partial charge in [0.05, 0.1) is 19.0 Å². The van der Waals surface area contributed by atoms with Gasteiger partial charge < -0.3 is 9.67 Å². The Balaban J connectivity index is 1.78. The Bertz CT molecular complexity index is 402. The molecule has 1 unspecified atom stereocenters. The quantitative estimate of drug-likeness (QED) is 0.804. The summed E-state index contributed by atoms with van der Waals surface area (Å²) >= 11 is 1.67. The molecule has 84 valence electrons. The van der Waals surface area contributed by atoms with E-state index in [9.17, 15) is 5.11 Å². The Kier molecular flexibility index (Phi) is 4.02. The predicted octanol–water partition coefficient (Wildman–Crippen LogP) is 2.04. The van der Waals surface area contributed by atoms with Crippen molar-refractivity contribution in [3.05, 3.63) is 49.1 Å². The minimum absolute atomic E-state index is 0.348. The maximum atomic E-state index is 9.81. The largest absolute Gasteiger partial charge is 0.390 e. The van der Waals surface area contributed by atoms with Crippen LogP contribution in [0.5, 0.6) is 0 Å². The fourth-order valence-electron chi connectivity index (χ4n) is 1.40. The molecule has 1 N–H and O–H groups in total. The average molecular weight is 234 g/mol. The molecule has 2 aromatic rings. The van der Waals surface area contributed by atoms with E-state index in [0.717, 1.165) is 0 Å². The lowest BCUT2D eigenvalue weighted by atomic mass is 10.4. The molecule has 2 rings (SSSR count). The predicted molar refractivity (Wildman–Crippen MR) is 65.4 cm³/mol. The SMILES string of the molecule is OC(CSc1ccccc1)Cn1ccnc1. The van der Waals surface area contributed by atoms with Crippen LogP contribution in [0.3, 0.4) is 0 Å². The van der Waals surface area contributed by atoms with Gasteiger partial charge in [0.25, 0.3) is 0 Å². The standard InChI is InChI=1S/C12H14N2OS/c15-11(8-14-7-6-13-10-14)9-16-12-4-2-1-3-5-12/h1-7,10-11,15H,8-9H2. The van der Waals surface area contributed by atoms with Crippen LogP contribution >= 0.6 is 11.8 Å². The molecule has 1 atom stereocenters. The molecule has 0 radical (unpaired) electrons. The molecule has 1 aromatic heterocycles.